The average molecular weight is 414 g/mol. The quantitative estimate of drug-likeness (QED) is 0.509. The van der Waals surface area contributed by atoms with E-state index in [1.165, 1.54) is 12.1 Å². The summed E-state index contributed by atoms with van der Waals surface area (Å²) in [5.41, 5.74) is 2.72. The maximum atomic E-state index is 12.3. The van der Waals surface area contributed by atoms with Crippen LogP contribution < -0.4 is 20.1 Å². The van der Waals surface area contributed by atoms with Crippen LogP contribution in [-0.2, 0) is 0 Å². The van der Waals surface area contributed by atoms with Crippen LogP contribution in [0.15, 0.2) is 78.9 Å². The van der Waals surface area contributed by atoms with Crippen molar-refractivity contribution >= 4 is 23.0 Å². The molecule has 0 aliphatic carbocycles. The van der Waals surface area contributed by atoms with Gasteiger partial charge >= 0.3 is 6.61 Å². The number of alkyl halides is 2. The Morgan fingerprint density at radius 3 is 2.00 bits per heavy atom. The van der Waals surface area contributed by atoms with Crippen LogP contribution in [0.3, 0.4) is 0 Å². The van der Waals surface area contributed by atoms with Gasteiger partial charge in [-0.15, -0.1) is 0 Å². The van der Waals surface area contributed by atoms with Gasteiger partial charge in [-0.25, -0.2) is 0 Å². The Kier molecular flexibility index (Phi) is 6.97. The number of halogens is 2. The van der Waals surface area contributed by atoms with Crippen molar-refractivity contribution in [3.8, 4) is 11.5 Å². The number of methoxy groups -OCH3 is 1. The van der Waals surface area contributed by atoms with E-state index in [2.05, 4.69) is 15.4 Å². The Labute approximate surface area is 173 Å². The molecule has 0 fully saturated rings. The van der Waals surface area contributed by atoms with Gasteiger partial charge in [0.05, 0.1) is 13.2 Å². The number of benzene rings is 3. The second-order valence-corrected chi connectivity index (χ2v) is 6.53. The number of hydrogen-bond donors (Lipinski definition) is 2. The van der Waals surface area contributed by atoms with E-state index in [9.17, 15) is 8.78 Å². The van der Waals surface area contributed by atoms with Gasteiger partial charge in [0.1, 0.15) is 11.5 Å². The summed E-state index contributed by atoms with van der Waals surface area (Å²) in [4.78, 5) is 0. The highest BCUT2D eigenvalue weighted by Crippen LogP contribution is 2.25. The largest absolute Gasteiger partial charge is 0.497 e. The first kappa shape index (κ1) is 20.5. The minimum atomic E-state index is -2.85. The van der Waals surface area contributed by atoms with E-state index in [1.807, 2.05) is 54.6 Å². The molecule has 0 saturated carbocycles. The van der Waals surface area contributed by atoms with Crippen molar-refractivity contribution in [2.75, 3.05) is 12.4 Å². The molecule has 0 aliphatic rings. The zero-order valence-corrected chi connectivity index (χ0v) is 16.5. The first-order valence-electron chi connectivity index (χ1n) is 8.86. The first-order valence-corrected chi connectivity index (χ1v) is 9.27. The summed E-state index contributed by atoms with van der Waals surface area (Å²) in [6.07, 6.45) is 0. The lowest BCUT2D eigenvalue weighted by molar-refractivity contribution is -0.0498. The molecule has 29 heavy (non-hydrogen) atoms. The number of nitrogens with one attached hydrogen (secondary N) is 2. The lowest BCUT2D eigenvalue weighted by atomic mass is 9.99. The lowest BCUT2D eigenvalue weighted by Crippen LogP contribution is -2.33. The van der Waals surface area contributed by atoms with Gasteiger partial charge in [0.25, 0.3) is 0 Å². The Balaban J connectivity index is 1.74. The molecule has 0 unspecified atom stereocenters. The number of anilines is 1. The van der Waals surface area contributed by atoms with Crippen LogP contribution in [0.2, 0.25) is 0 Å². The highest BCUT2D eigenvalue weighted by atomic mass is 32.1. The molecule has 0 aromatic heterocycles. The summed E-state index contributed by atoms with van der Waals surface area (Å²) >= 11 is 5.47. The van der Waals surface area contributed by atoms with Crippen molar-refractivity contribution in [2.24, 2.45) is 0 Å². The first-order chi connectivity index (χ1) is 14.0. The average Bonchev–Trinajstić information content (AvgIpc) is 2.74. The molecule has 0 radical (unpaired) electrons. The Morgan fingerprint density at radius 1 is 0.828 bits per heavy atom. The third kappa shape index (κ3) is 5.89. The zero-order chi connectivity index (χ0) is 20.6. The number of hydrogen-bond acceptors (Lipinski definition) is 3. The van der Waals surface area contributed by atoms with E-state index >= 15 is 0 Å². The SMILES string of the molecule is COc1ccc([C@@H](NC(=S)Nc2ccc(OC(F)F)cc2)c2ccccc2)cc1. The highest BCUT2D eigenvalue weighted by molar-refractivity contribution is 7.80. The van der Waals surface area contributed by atoms with E-state index in [4.69, 9.17) is 17.0 Å². The van der Waals surface area contributed by atoms with Crippen LogP contribution in [-0.4, -0.2) is 18.8 Å². The number of rotatable bonds is 7. The van der Waals surface area contributed by atoms with Crippen LogP contribution in [0.4, 0.5) is 14.5 Å². The molecule has 0 saturated heterocycles. The molecule has 3 aromatic carbocycles. The fraction of sp³-hybridized carbons (Fsp3) is 0.136. The normalized spacial score (nSPS) is 11.6. The lowest BCUT2D eigenvalue weighted by Gasteiger charge is -2.22. The standard InChI is InChI=1S/C22H20F2N2O2S/c1-27-18-11-7-16(8-12-18)20(15-5-3-2-4-6-15)26-22(29)25-17-9-13-19(14-10-17)28-21(23)24/h2-14,20-21H,1H3,(H2,25,26,29)/t20-/m0/s1. The summed E-state index contributed by atoms with van der Waals surface area (Å²) in [7, 11) is 1.62. The second-order valence-electron chi connectivity index (χ2n) is 6.12. The fourth-order valence-electron chi connectivity index (χ4n) is 2.82. The van der Waals surface area contributed by atoms with Crippen LogP contribution in [0.1, 0.15) is 17.2 Å². The molecule has 4 nitrogen and oxygen atoms in total. The van der Waals surface area contributed by atoms with Gasteiger partial charge in [-0.05, 0) is 59.7 Å². The van der Waals surface area contributed by atoms with Gasteiger partial charge in [0.15, 0.2) is 5.11 Å². The summed E-state index contributed by atoms with van der Waals surface area (Å²) in [5, 5.41) is 6.78. The number of thiocarbonyl (C=S) groups is 1. The van der Waals surface area contributed by atoms with Crippen LogP contribution in [0.25, 0.3) is 0 Å². The van der Waals surface area contributed by atoms with Crippen LogP contribution in [0, 0.1) is 0 Å². The highest BCUT2D eigenvalue weighted by Gasteiger charge is 2.15. The van der Waals surface area contributed by atoms with Crippen molar-refractivity contribution in [2.45, 2.75) is 12.7 Å². The summed E-state index contributed by atoms with van der Waals surface area (Å²) in [5.74, 6) is 0.859. The van der Waals surface area contributed by atoms with Crippen molar-refractivity contribution in [1.29, 1.82) is 0 Å². The summed E-state index contributed by atoms with van der Waals surface area (Å²) in [6, 6.07) is 23.6. The van der Waals surface area contributed by atoms with Crippen molar-refractivity contribution in [1.82, 2.24) is 5.32 Å². The predicted octanol–water partition coefficient (Wildman–Crippen LogP) is 5.37. The van der Waals surface area contributed by atoms with E-state index in [1.54, 1.807) is 19.2 Å². The third-order valence-electron chi connectivity index (χ3n) is 4.19. The van der Waals surface area contributed by atoms with E-state index < -0.39 is 6.61 Å². The van der Waals surface area contributed by atoms with E-state index in [-0.39, 0.29) is 11.8 Å². The minimum absolute atomic E-state index is 0.0878. The maximum absolute atomic E-state index is 12.3. The summed E-state index contributed by atoms with van der Waals surface area (Å²) in [6.45, 7) is -2.85. The maximum Gasteiger partial charge on any atom is 0.387 e. The van der Waals surface area contributed by atoms with Gasteiger partial charge in [-0.3, -0.25) is 0 Å². The molecular weight excluding hydrogens is 394 g/mol. The molecule has 1 atom stereocenters. The molecule has 150 valence electrons. The Hall–Kier alpha value is -3.19. The number of ether oxygens (including phenoxy) is 2. The van der Waals surface area contributed by atoms with Gasteiger partial charge in [-0.1, -0.05) is 42.5 Å². The smallest absolute Gasteiger partial charge is 0.387 e. The molecule has 0 amide bonds. The molecule has 0 aliphatic heterocycles. The van der Waals surface area contributed by atoms with Gasteiger partial charge in [0.2, 0.25) is 0 Å². The monoisotopic (exact) mass is 414 g/mol. The van der Waals surface area contributed by atoms with E-state index in [0.29, 0.717) is 10.8 Å². The minimum Gasteiger partial charge on any atom is -0.497 e. The van der Waals surface area contributed by atoms with Crippen molar-refractivity contribution in [3.05, 3.63) is 90.0 Å². The molecule has 0 heterocycles. The van der Waals surface area contributed by atoms with Gasteiger partial charge in [0, 0.05) is 5.69 Å². The summed E-state index contributed by atoms with van der Waals surface area (Å²) < 4.78 is 34.1. The topological polar surface area (TPSA) is 42.5 Å². The van der Waals surface area contributed by atoms with Gasteiger partial charge in [-0.2, -0.15) is 8.78 Å². The van der Waals surface area contributed by atoms with Gasteiger partial charge < -0.3 is 20.1 Å². The van der Waals surface area contributed by atoms with Crippen molar-refractivity contribution < 1.29 is 18.3 Å². The third-order valence-corrected chi connectivity index (χ3v) is 4.41. The molecular formula is C22H20F2N2O2S. The van der Waals surface area contributed by atoms with Crippen LogP contribution in [0.5, 0.6) is 11.5 Å². The Bertz CT molecular complexity index is 920. The fourth-order valence-corrected chi connectivity index (χ4v) is 3.05. The molecule has 0 spiro atoms. The molecule has 3 rings (SSSR count). The molecule has 2 N–H and O–H groups in total. The van der Waals surface area contributed by atoms with Crippen LogP contribution >= 0.6 is 12.2 Å². The van der Waals surface area contributed by atoms with E-state index in [0.717, 1.165) is 16.9 Å². The molecule has 7 heteroatoms. The zero-order valence-electron chi connectivity index (χ0n) is 15.6. The second kappa shape index (κ2) is 9.84. The molecule has 0 bridgehead atoms. The predicted molar refractivity (Wildman–Crippen MR) is 114 cm³/mol. The van der Waals surface area contributed by atoms with Crippen molar-refractivity contribution in [3.63, 3.8) is 0 Å². The Morgan fingerprint density at radius 2 is 1.41 bits per heavy atom. The molecule has 3 aromatic rings.